The summed E-state index contributed by atoms with van der Waals surface area (Å²) in [6.07, 6.45) is 0.243. The van der Waals surface area contributed by atoms with Crippen LogP contribution in [0.25, 0.3) is 0 Å². The molecule has 0 aliphatic carbocycles. The van der Waals surface area contributed by atoms with Crippen LogP contribution in [0.5, 0.6) is 0 Å². The first-order chi connectivity index (χ1) is 9.73. The Labute approximate surface area is 127 Å². The minimum absolute atomic E-state index is 0.0508. The standard InChI is InChI=1S/C12H18N2O5S2/c1-9(5-6-11(16)17)13-10(15)8-14(2)21(18,19)12-4-3-7-20-12/h3-4,7,9H,5-6,8H2,1-2H3,(H,13,15)(H,16,17). The van der Waals surface area contributed by atoms with Gasteiger partial charge < -0.3 is 10.4 Å². The number of carboxylic acids is 1. The number of thiophene rings is 1. The molecule has 0 aliphatic rings. The third-order valence-corrected chi connectivity index (χ3v) is 5.90. The van der Waals surface area contributed by atoms with Crippen LogP contribution in [0.2, 0.25) is 0 Å². The van der Waals surface area contributed by atoms with E-state index in [9.17, 15) is 18.0 Å². The molecule has 0 aliphatic heterocycles. The monoisotopic (exact) mass is 334 g/mol. The fourth-order valence-electron chi connectivity index (χ4n) is 1.58. The molecule has 1 unspecified atom stereocenters. The first-order valence-electron chi connectivity index (χ1n) is 6.24. The predicted molar refractivity (Wildman–Crippen MR) is 78.6 cm³/mol. The van der Waals surface area contributed by atoms with Gasteiger partial charge in [0.15, 0.2) is 0 Å². The maximum atomic E-state index is 12.1. The molecule has 2 N–H and O–H groups in total. The maximum absolute atomic E-state index is 12.1. The Morgan fingerprint density at radius 2 is 2.14 bits per heavy atom. The number of rotatable bonds is 8. The molecule has 118 valence electrons. The second-order valence-corrected chi connectivity index (χ2v) is 7.81. The van der Waals surface area contributed by atoms with E-state index in [0.29, 0.717) is 6.42 Å². The lowest BCUT2D eigenvalue weighted by Crippen LogP contribution is -2.41. The molecule has 0 fully saturated rings. The highest BCUT2D eigenvalue weighted by molar-refractivity contribution is 7.91. The number of carboxylic acid groups (broad SMARTS) is 1. The summed E-state index contributed by atoms with van der Waals surface area (Å²) in [6.45, 7) is 1.37. The molecule has 1 aromatic heterocycles. The van der Waals surface area contributed by atoms with Crippen LogP contribution in [-0.4, -0.2) is 49.3 Å². The fraction of sp³-hybridized carbons (Fsp3) is 0.500. The summed E-state index contributed by atoms with van der Waals surface area (Å²) < 4.78 is 25.4. The van der Waals surface area contributed by atoms with E-state index in [2.05, 4.69) is 5.32 Å². The zero-order chi connectivity index (χ0) is 16.0. The molecule has 7 nitrogen and oxygen atoms in total. The summed E-state index contributed by atoms with van der Waals surface area (Å²) in [6, 6.07) is 2.77. The number of nitrogens with one attached hydrogen (secondary N) is 1. The molecule has 0 bridgehead atoms. The Morgan fingerprint density at radius 1 is 1.48 bits per heavy atom. The number of likely N-dealkylation sites (N-methyl/N-ethyl adjacent to an activating group) is 1. The van der Waals surface area contributed by atoms with Gasteiger partial charge in [-0.05, 0) is 24.8 Å². The highest BCUT2D eigenvalue weighted by atomic mass is 32.2. The van der Waals surface area contributed by atoms with Gasteiger partial charge in [0, 0.05) is 19.5 Å². The van der Waals surface area contributed by atoms with Gasteiger partial charge in [-0.1, -0.05) is 6.07 Å². The van der Waals surface area contributed by atoms with Crippen molar-refractivity contribution in [3.8, 4) is 0 Å². The minimum atomic E-state index is -3.66. The number of sulfonamides is 1. The molecule has 21 heavy (non-hydrogen) atoms. The van der Waals surface area contributed by atoms with Crippen LogP contribution in [0, 0.1) is 0 Å². The van der Waals surface area contributed by atoms with Crippen LogP contribution in [0.4, 0.5) is 0 Å². The number of hydrogen-bond donors (Lipinski definition) is 2. The second-order valence-electron chi connectivity index (χ2n) is 4.59. The topological polar surface area (TPSA) is 104 Å². The average Bonchev–Trinajstić information content (AvgIpc) is 2.90. The molecule has 0 radical (unpaired) electrons. The summed E-state index contributed by atoms with van der Waals surface area (Å²) in [5.74, 6) is -1.40. The molecule has 0 saturated heterocycles. The zero-order valence-electron chi connectivity index (χ0n) is 11.8. The van der Waals surface area contributed by atoms with Gasteiger partial charge in [0.25, 0.3) is 10.0 Å². The van der Waals surface area contributed by atoms with Gasteiger partial charge in [-0.15, -0.1) is 11.3 Å². The summed E-state index contributed by atoms with van der Waals surface area (Å²) in [4.78, 5) is 22.2. The normalized spacial score (nSPS) is 13.1. The van der Waals surface area contributed by atoms with E-state index >= 15 is 0 Å². The van der Waals surface area contributed by atoms with Crippen LogP contribution in [0.1, 0.15) is 19.8 Å². The second kappa shape index (κ2) is 7.53. The van der Waals surface area contributed by atoms with E-state index in [-0.39, 0.29) is 23.2 Å². The van der Waals surface area contributed by atoms with E-state index < -0.39 is 21.9 Å². The Hall–Kier alpha value is -1.45. The molecular formula is C12H18N2O5S2. The number of nitrogens with zero attached hydrogens (tertiary/aromatic N) is 1. The predicted octanol–water partition coefficient (Wildman–Crippen LogP) is 0.738. The largest absolute Gasteiger partial charge is 0.481 e. The summed E-state index contributed by atoms with van der Waals surface area (Å²) in [5.41, 5.74) is 0. The van der Waals surface area contributed by atoms with Crippen LogP contribution in [0.3, 0.4) is 0 Å². The van der Waals surface area contributed by atoms with Crippen molar-refractivity contribution >= 4 is 33.2 Å². The lowest BCUT2D eigenvalue weighted by molar-refractivity contribution is -0.137. The highest BCUT2D eigenvalue weighted by Gasteiger charge is 2.24. The van der Waals surface area contributed by atoms with Crippen LogP contribution >= 0.6 is 11.3 Å². The minimum Gasteiger partial charge on any atom is -0.481 e. The maximum Gasteiger partial charge on any atom is 0.303 e. The van der Waals surface area contributed by atoms with Crippen LogP contribution < -0.4 is 5.32 Å². The third kappa shape index (κ3) is 5.44. The van der Waals surface area contributed by atoms with Crippen LogP contribution in [-0.2, 0) is 19.6 Å². The molecule has 0 spiro atoms. The highest BCUT2D eigenvalue weighted by Crippen LogP contribution is 2.19. The summed E-state index contributed by atoms with van der Waals surface area (Å²) in [5, 5.41) is 12.8. The fourth-order valence-corrected chi connectivity index (χ4v) is 3.91. The van der Waals surface area contributed by atoms with Gasteiger partial charge >= 0.3 is 5.97 Å². The number of carbonyl (C=O) groups is 2. The molecule has 1 atom stereocenters. The molecule has 1 amide bonds. The molecule has 1 rings (SSSR count). The van der Waals surface area contributed by atoms with Gasteiger partial charge in [-0.3, -0.25) is 9.59 Å². The molecule has 1 aromatic rings. The Morgan fingerprint density at radius 3 is 2.67 bits per heavy atom. The quantitative estimate of drug-likeness (QED) is 0.730. The lowest BCUT2D eigenvalue weighted by Gasteiger charge is -2.18. The van der Waals surface area contributed by atoms with Crippen molar-refractivity contribution < 1.29 is 23.1 Å². The first-order valence-corrected chi connectivity index (χ1v) is 8.56. The molecule has 9 heteroatoms. The van der Waals surface area contributed by atoms with E-state index in [1.807, 2.05) is 0 Å². The van der Waals surface area contributed by atoms with Crippen molar-refractivity contribution in [2.75, 3.05) is 13.6 Å². The van der Waals surface area contributed by atoms with Crippen molar-refractivity contribution in [1.82, 2.24) is 9.62 Å². The number of aliphatic carboxylic acids is 1. The number of amides is 1. The first kappa shape index (κ1) is 17.6. The van der Waals surface area contributed by atoms with Gasteiger partial charge in [-0.2, -0.15) is 4.31 Å². The third-order valence-electron chi connectivity index (χ3n) is 2.72. The molecule has 0 saturated carbocycles. The average molecular weight is 334 g/mol. The van der Waals surface area contributed by atoms with Crippen LogP contribution in [0.15, 0.2) is 21.7 Å². The molecular weight excluding hydrogens is 316 g/mol. The Bertz CT molecular complexity index is 583. The van der Waals surface area contributed by atoms with Crippen molar-refractivity contribution in [2.24, 2.45) is 0 Å². The van der Waals surface area contributed by atoms with Crippen molar-refractivity contribution in [3.63, 3.8) is 0 Å². The number of carbonyl (C=O) groups excluding carboxylic acids is 1. The van der Waals surface area contributed by atoms with Gasteiger partial charge in [-0.25, -0.2) is 8.42 Å². The van der Waals surface area contributed by atoms with E-state index in [4.69, 9.17) is 5.11 Å². The van der Waals surface area contributed by atoms with E-state index in [1.54, 1.807) is 18.4 Å². The SMILES string of the molecule is CC(CCC(=O)O)NC(=O)CN(C)S(=O)(=O)c1cccs1. The number of hydrogen-bond acceptors (Lipinski definition) is 5. The van der Waals surface area contributed by atoms with Gasteiger partial charge in [0.1, 0.15) is 4.21 Å². The summed E-state index contributed by atoms with van der Waals surface area (Å²) in [7, 11) is -2.33. The van der Waals surface area contributed by atoms with Gasteiger partial charge in [0.05, 0.1) is 6.54 Å². The molecule has 1 heterocycles. The zero-order valence-corrected chi connectivity index (χ0v) is 13.4. The molecule has 0 aromatic carbocycles. The van der Waals surface area contributed by atoms with Crippen molar-refractivity contribution in [1.29, 1.82) is 0 Å². The summed E-state index contributed by atoms with van der Waals surface area (Å²) >= 11 is 1.08. The Balaban J connectivity index is 2.53. The Kier molecular flexibility index (Phi) is 6.31. The van der Waals surface area contributed by atoms with Crippen molar-refractivity contribution in [2.45, 2.75) is 30.0 Å². The van der Waals surface area contributed by atoms with E-state index in [0.717, 1.165) is 15.6 Å². The van der Waals surface area contributed by atoms with E-state index in [1.165, 1.54) is 13.1 Å². The lowest BCUT2D eigenvalue weighted by atomic mass is 10.2. The van der Waals surface area contributed by atoms with Crippen molar-refractivity contribution in [3.05, 3.63) is 17.5 Å². The van der Waals surface area contributed by atoms with Gasteiger partial charge in [0.2, 0.25) is 5.91 Å². The smallest absolute Gasteiger partial charge is 0.303 e.